The lowest BCUT2D eigenvalue weighted by Crippen LogP contribution is -2.37. The van der Waals surface area contributed by atoms with Crippen molar-refractivity contribution in [2.24, 2.45) is 16.2 Å². The topological polar surface area (TPSA) is 425 Å². The van der Waals surface area contributed by atoms with Crippen molar-refractivity contribution in [1.82, 2.24) is 0 Å². The zero-order valence-corrected chi connectivity index (χ0v) is 23.4. The largest absolute Gasteiger partial charge is 0.396 e. The fraction of sp³-hybridized carbons (Fsp3) is 1.00. The molecule has 24 heteroatoms. The summed E-state index contributed by atoms with van der Waals surface area (Å²) in [4.78, 5) is 65.1. The molecular formula is C15H45O21P3. The third-order valence-electron chi connectivity index (χ3n) is 4.02. The predicted molar refractivity (Wildman–Crippen MR) is 133 cm³/mol. The first-order valence-electron chi connectivity index (χ1n) is 9.84. The normalized spacial score (nSPS) is 11.1. The number of hydrogen-bond acceptors (Lipinski definition) is 21. The van der Waals surface area contributed by atoms with Crippen LogP contribution in [0.2, 0.25) is 0 Å². The van der Waals surface area contributed by atoms with Crippen molar-refractivity contribution in [3.8, 4) is 0 Å². The van der Waals surface area contributed by atoms with Gasteiger partial charge < -0.3 is 105 Å². The standard InChI is InChI=1S/3C5H12O4.3H3O3P/c3*6-1-5(2-7,3-8)4-9;3*1-4(2)3/h3*6-9H,1-4H2;3*1-3H. The molecule has 0 saturated heterocycles. The Balaban J connectivity index is -0.0000000872. The Bertz CT molecular complexity index is 316. The molecule has 0 radical (unpaired) electrons. The Morgan fingerprint density at radius 3 is 0.282 bits per heavy atom. The highest BCUT2D eigenvalue weighted by atomic mass is 31.2. The van der Waals surface area contributed by atoms with E-state index >= 15 is 0 Å². The van der Waals surface area contributed by atoms with E-state index in [1.165, 1.54) is 0 Å². The summed E-state index contributed by atoms with van der Waals surface area (Å²) in [5.74, 6) is 0. The number of aliphatic hydroxyl groups is 12. The molecule has 0 atom stereocenters. The van der Waals surface area contributed by atoms with Crippen LogP contribution in [0.4, 0.5) is 0 Å². The summed E-state index contributed by atoms with van der Waals surface area (Å²) >= 11 is 0. The van der Waals surface area contributed by atoms with E-state index in [0.717, 1.165) is 0 Å². The highest BCUT2D eigenvalue weighted by Gasteiger charge is 2.27. The van der Waals surface area contributed by atoms with Gasteiger partial charge >= 0.3 is 25.8 Å². The van der Waals surface area contributed by atoms with E-state index in [4.69, 9.17) is 105 Å². The van der Waals surface area contributed by atoms with Crippen molar-refractivity contribution in [2.45, 2.75) is 0 Å². The van der Waals surface area contributed by atoms with Crippen LogP contribution in [0.1, 0.15) is 0 Å². The van der Waals surface area contributed by atoms with Crippen molar-refractivity contribution >= 4 is 25.8 Å². The molecule has 39 heavy (non-hydrogen) atoms. The highest BCUT2D eigenvalue weighted by molar-refractivity contribution is 7.38. The first-order valence-corrected chi connectivity index (χ1v) is 13.4. The molecule has 0 fully saturated rings. The minimum Gasteiger partial charge on any atom is -0.396 e. The number of hydrogen-bond donors (Lipinski definition) is 21. The van der Waals surface area contributed by atoms with Gasteiger partial charge in [0, 0.05) is 0 Å². The van der Waals surface area contributed by atoms with Crippen LogP contribution >= 0.6 is 25.8 Å². The summed E-state index contributed by atoms with van der Waals surface area (Å²) < 4.78 is 0. The van der Waals surface area contributed by atoms with E-state index in [1.807, 2.05) is 0 Å². The second-order valence-electron chi connectivity index (χ2n) is 7.20. The van der Waals surface area contributed by atoms with Gasteiger partial charge in [0.2, 0.25) is 0 Å². The van der Waals surface area contributed by atoms with Crippen LogP contribution in [0.3, 0.4) is 0 Å². The Morgan fingerprint density at radius 1 is 0.231 bits per heavy atom. The molecule has 0 spiro atoms. The molecule has 0 bridgehead atoms. The molecule has 0 aliphatic heterocycles. The third-order valence-corrected chi connectivity index (χ3v) is 4.02. The second-order valence-corrected chi connectivity index (χ2v) is 8.81. The van der Waals surface area contributed by atoms with Crippen LogP contribution in [0, 0.1) is 16.2 Å². The molecule has 0 aromatic rings. The Kier molecular flexibility index (Phi) is 46.3. The van der Waals surface area contributed by atoms with Crippen molar-refractivity contribution in [2.75, 3.05) is 79.3 Å². The summed E-state index contributed by atoms with van der Waals surface area (Å²) in [5, 5.41) is 102. The van der Waals surface area contributed by atoms with Gasteiger partial charge in [-0.2, -0.15) is 0 Å². The minimum atomic E-state index is -2.62. The summed E-state index contributed by atoms with van der Waals surface area (Å²) in [6.07, 6.45) is 0. The quantitative estimate of drug-likeness (QED) is 0.0868. The van der Waals surface area contributed by atoms with Gasteiger partial charge in [-0.05, 0) is 0 Å². The summed E-state index contributed by atoms with van der Waals surface area (Å²) in [6.45, 7) is -4.88. The van der Waals surface area contributed by atoms with Gasteiger partial charge in [-0.1, -0.05) is 0 Å². The summed E-state index contributed by atoms with van der Waals surface area (Å²) in [7, 11) is -7.86. The molecule has 0 heterocycles. The monoisotopic (exact) mass is 654 g/mol. The smallest absolute Gasteiger partial charge is 0.324 e. The molecule has 21 nitrogen and oxygen atoms in total. The van der Waals surface area contributed by atoms with E-state index in [2.05, 4.69) is 0 Å². The maximum absolute atomic E-state index is 8.50. The molecule has 0 aromatic carbocycles. The van der Waals surface area contributed by atoms with E-state index < -0.39 is 121 Å². The van der Waals surface area contributed by atoms with Gasteiger partial charge in [0.05, 0.1) is 95.5 Å². The fourth-order valence-corrected chi connectivity index (χ4v) is 0.900. The van der Waals surface area contributed by atoms with Crippen LogP contribution in [0.25, 0.3) is 0 Å². The van der Waals surface area contributed by atoms with Gasteiger partial charge in [-0.3, -0.25) is 0 Å². The molecule has 246 valence electrons. The van der Waals surface area contributed by atoms with Crippen molar-refractivity contribution < 1.29 is 105 Å². The average Bonchev–Trinajstić information content (AvgIpc) is 2.89. The van der Waals surface area contributed by atoms with Gasteiger partial charge in [-0.25, -0.2) is 0 Å². The van der Waals surface area contributed by atoms with Crippen LogP contribution in [-0.2, 0) is 0 Å². The van der Waals surface area contributed by atoms with Crippen LogP contribution in [0.15, 0.2) is 0 Å². The molecule has 0 saturated carbocycles. The zero-order valence-electron chi connectivity index (χ0n) is 20.7. The zero-order chi connectivity index (χ0) is 32.7. The van der Waals surface area contributed by atoms with Gasteiger partial charge in [-0.15, -0.1) is 0 Å². The van der Waals surface area contributed by atoms with Crippen molar-refractivity contribution in [3.05, 3.63) is 0 Å². The Labute approximate surface area is 227 Å². The molecule has 0 aliphatic carbocycles. The predicted octanol–water partition coefficient (Wildman–Crippen LogP) is -8.60. The van der Waals surface area contributed by atoms with E-state index in [1.54, 1.807) is 0 Å². The molecule has 0 aromatic heterocycles. The van der Waals surface area contributed by atoms with Crippen LogP contribution in [0.5, 0.6) is 0 Å². The molecule has 0 rings (SSSR count). The molecular weight excluding hydrogens is 609 g/mol. The maximum atomic E-state index is 8.50. The average molecular weight is 654 g/mol. The van der Waals surface area contributed by atoms with E-state index in [9.17, 15) is 0 Å². The molecule has 0 amide bonds. The molecule has 21 N–H and O–H groups in total. The first-order chi connectivity index (χ1) is 17.9. The number of rotatable bonds is 12. The van der Waals surface area contributed by atoms with Crippen molar-refractivity contribution in [3.63, 3.8) is 0 Å². The Morgan fingerprint density at radius 2 is 0.282 bits per heavy atom. The fourth-order valence-electron chi connectivity index (χ4n) is 0.900. The maximum Gasteiger partial charge on any atom is 0.324 e. The number of aliphatic hydroxyl groups excluding tert-OH is 12. The molecule has 0 unspecified atom stereocenters. The van der Waals surface area contributed by atoms with Gasteiger partial charge in [0.25, 0.3) is 0 Å². The lowest BCUT2D eigenvalue weighted by Gasteiger charge is -2.23. The lowest BCUT2D eigenvalue weighted by atomic mass is 9.93. The van der Waals surface area contributed by atoms with Crippen LogP contribution < -0.4 is 0 Å². The summed E-state index contributed by atoms with van der Waals surface area (Å²) in [5.41, 5.74) is -3.33. The minimum absolute atomic E-state index is 0.406. The highest BCUT2D eigenvalue weighted by Crippen LogP contribution is 2.14. The summed E-state index contributed by atoms with van der Waals surface area (Å²) in [6, 6.07) is 0. The first kappa shape index (κ1) is 52.1. The van der Waals surface area contributed by atoms with Gasteiger partial charge in [0.1, 0.15) is 0 Å². The van der Waals surface area contributed by atoms with E-state index in [0.29, 0.717) is 0 Å². The third kappa shape index (κ3) is 38.5. The molecule has 0 aliphatic rings. The Hall–Kier alpha value is 0.450. The lowest BCUT2D eigenvalue weighted by molar-refractivity contribution is -0.0332. The second kappa shape index (κ2) is 34.7. The SMILES string of the molecule is OCC(CO)(CO)CO.OCC(CO)(CO)CO.OCC(CO)(CO)CO.OP(O)O.OP(O)O.OP(O)O. The van der Waals surface area contributed by atoms with Gasteiger partial charge in [0.15, 0.2) is 0 Å². The van der Waals surface area contributed by atoms with E-state index in [-0.39, 0.29) is 0 Å². The van der Waals surface area contributed by atoms with Crippen LogP contribution in [-0.4, -0.2) is 185 Å². The van der Waals surface area contributed by atoms with Crippen molar-refractivity contribution in [1.29, 1.82) is 0 Å².